The summed E-state index contributed by atoms with van der Waals surface area (Å²) in [5.74, 6) is 0.514. The predicted molar refractivity (Wildman–Crippen MR) is 59.3 cm³/mol. The Kier molecular flexibility index (Phi) is 3.01. The van der Waals surface area contributed by atoms with Crippen molar-refractivity contribution in [2.24, 2.45) is 5.92 Å². The first-order chi connectivity index (χ1) is 7.56. The van der Waals surface area contributed by atoms with Gasteiger partial charge in [0.2, 0.25) is 0 Å². The number of furan rings is 1. The van der Waals surface area contributed by atoms with Crippen molar-refractivity contribution >= 4 is 5.97 Å². The number of aromatic carboxylic acids is 1. The van der Waals surface area contributed by atoms with Crippen LogP contribution in [0.4, 0.5) is 0 Å². The van der Waals surface area contributed by atoms with Crippen molar-refractivity contribution < 1.29 is 14.3 Å². The Labute approximate surface area is 94.9 Å². The highest BCUT2D eigenvalue weighted by molar-refractivity contribution is 5.87. The summed E-state index contributed by atoms with van der Waals surface area (Å²) in [6.07, 6.45) is 2.51. The van der Waals surface area contributed by atoms with Gasteiger partial charge in [-0.15, -0.1) is 0 Å². The Hall–Kier alpha value is -1.29. The Morgan fingerprint density at radius 1 is 1.62 bits per heavy atom. The van der Waals surface area contributed by atoms with Crippen LogP contribution in [0.15, 0.2) is 16.7 Å². The van der Waals surface area contributed by atoms with E-state index >= 15 is 0 Å². The maximum absolute atomic E-state index is 10.7. The Bertz CT molecular complexity index is 385. The minimum Gasteiger partial charge on any atom is -0.478 e. The van der Waals surface area contributed by atoms with Crippen LogP contribution in [0.5, 0.6) is 0 Å². The quantitative estimate of drug-likeness (QED) is 0.853. The molecule has 1 saturated heterocycles. The average molecular weight is 223 g/mol. The van der Waals surface area contributed by atoms with E-state index in [4.69, 9.17) is 9.52 Å². The first kappa shape index (κ1) is 11.2. The van der Waals surface area contributed by atoms with Gasteiger partial charge < -0.3 is 9.52 Å². The fourth-order valence-electron chi connectivity index (χ4n) is 2.38. The molecule has 16 heavy (non-hydrogen) atoms. The molecule has 2 rings (SSSR count). The normalized spacial score (nSPS) is 26.1. The molecule has 0 radical (unpaired) electrons. The van der Waals surface area contributed by atoms with Gasteiger partial charge in [0.25, 0.3) is 0 Å². The van der Waals surface area contributed by atoms with Gasteiger partial charge in [-0.2, -0.15) is 0 Å². The molecule has 88 valence electrons. The van der Waals surface area contributed by atoms with Crippen molar-refractivity contribution in [3.63, 3.8) is 0 Å². The van der Waals surface area contributed by atoms with Gasteiger partial charge in [-0.05, 0) is 25.3 Å². The molecule has 1 aliphatic heterocycles. The summed E-state index contributed by atoms with van der Waals surface area (Å²) < 4.78 is 5.25. The summed E-state index contributed by atoms with van der Waals surface area (Å²) in [6.45, 7) is 6.20. The number of carboxylic acids is 1. The van der Waals surface area contributed by atoms with Crippen LogP contribution in [0.2, 0.25) is 0 Å². The lowest BCUT2D eigenvalue weighted by molar-refractivity contribution is 0.0696. The molecule has 1 aliphatic rings. The van der Waals surface area contributed by atoms with E-state index in [1.54, 1.807) is 6.07 Å². The van der Waals surface area contributed by atoms with Gasteiger partial charge in [0.15, 0.2) is 0 Å². The van der Waals surface area contributed by atoms with E-state index in [-0.39, 0.29) is 5.56 Å². The van der Waals surface area contributed by atoms with Gasteiger partial charge >= 0.3 is 5.97 Å². The molecule has 1 N–H and O–H groups in total. The zero-order valence-electron chi connectivity index (χ0n) is 9.64. The Morgan fingerprint density at radius 3 is 2.88 bits per heavy atom. The van der Waals surface area contributed by atoms with Gasteiger partial charge in [-0.1, -0.05) is 6.92 Å². The maximum atomic E-state index is 10.7. The molecular formula is C12H17NO3. The molecule has 0 bridgehead atoms. The summed E-state index contributed by atoms with van der Waals surface area (Å²) >= 11 is 0. The lowest BCUT2D eigenvalue weighted by atomic mass is 10.1. The molecule has 4 nitrogen and oxygen atoms in total. The molecule has 0 amide bonds. The highest BCUT2D eigenvalue weighted by Crippen LogP contribution is 2.24. The predicted octanol–water partition coefficient (Wildman–Crippen LogP) is 2.21. The molecule has 1 aromatic rings. The number of hydrogen-bond donors (Lipinski definition) is 1. The molecule has 2 unspecified atom stereocenters. The van der Waals surface area contributed by atoms with Crippen LogP contribution in [0.1, 0.15) is 36.4 Å². The second-order valence-electron chi connectivity index (χ2n) is 4.73. The standard InChI is InChI=1S/C12H17NO3/c1-8-3-9(2)13(5-8)6-11-4-10(7-16-11)12(14)15/h4,7-9H,3,5-6H2,1-2H3,(H,14,15). The number of rotatable bonds is 3. The summed E-state index contributed by atoms with van der Waals surface area (Å²) in [4.78, 5) is 13.0. The van der Waals surface area contributed by atoms with Crippen LogP contribution < -0.4 is 0 Å². The van der Waals surface area contributed by atoms with E-state index in [9.17, 15) is 4.79 Å². The first-order valence-corrected chi connectivity index (χ1v) is 5.61. The molecule has 2 atom stereocenters. The molecule has 0 aliphatic carbocycles. The lowest BCUT2D eigenvalue weighted by Gasteiger charge is -2.19. The zero-order valence-corrected chi connectivity index (χ0v) is 9.64. The van der Waals surface area contributed by atoms with Crippen molar-refractivity contribution in [3.05, 3.63) is 23.7 Å². The third-order valence-corrected chi connectivity index (χ3v) is 3.17. The van der Waals surface area contributed by atoms with E-state index in [1.165, 1.54) is 12.7 Å². The molecule has 2 heterocycles. The van der Waals surface area contributed by atoms with Crippen LogP contribution >= 0.6 is 0 Å². The highest BCUT2D eigenvalue weighted by atomic mass is 16.4. The molecular weight excluding hydrogens is 206 g/mol. The van der Waals surface area contributed by atoms with Crippen LogP contribution in [-0.4, -0.2) is 28.6 Å². The molecule has 0 aromatic carbocycles. The van der Waals surface area contributed by atoms with Crippen LogP contribution in [0, 0.1) is 5.92 Å². The van der Waals surface area contributed by atoms with E-state index in [2.05, 4.69) is 18.7 Å². The van der Waals surface area contributed by atoms with Gasteiger partial charge in [-0.3, -0.25) is 4.90 Å². The fourth-order valence-corrected chi connectivity index (χ4v) is 2.38. The summed E-state index contributed by atoms with van der Waals surface area (Å²) in [7, 11) is 0. The van der Waals surface area contributed by atoms with Crippen molar-refractivity contribution in [1.29, 1.82) is 0 Å². The summed E-state index contributed by atoms with van der Waals surface area (Å²) in [5, 5.41) is 8.78. The van der Waals surface area contributed by atoms with E-state index in [1.807, 2.05) is 0 Å². The maximum Gasteiger partial charge on any atom is 0.338 e. The molecule has 0 saturated carbocycles. The Balaban J connectivity index is 2.01. The highest BCUT2D eigenvalue weighted by Gasteiger charge is 2.26. The largest absolute Gasteiger partial charge is 0.478 e. The molecule has 4 heteroatoms. The Morgan fingerprint density at radius 2 is 2.38 bits per heavy atom. The molecule has 0 spiro atoms. The van der Waals surface area contributed by atoms with Crippen molar-refractivity contribution in [1.82, 2.24) is 4.90 Å². The van der Waals surface area contributed by atoms with E-state index < -0.39 is 5.97 Å². The van der Waals surface area contributed by atoms with Gasteiger partial charge in [0.05, 0.1) is 12.1 Å². The fraction of sp³-hybridized carbons (Fsp3) is 0.583. The van der Waals surface area contributed by atoms with Crippen LogP contribution in [0.3, 0.4) is 0 Å². The van der Waals surface area contributed by atoms with E-state index in [0.717, 1.165) is 12.3 Å². The number of hydrogen-bond acceptors (Lipinski definition) is 3. The monoisotopic (exact) mass is 223 g/mol. The van der Waals surface area contributed by atoms with Gasteiger partial charge in [0, 0.05) is 12.6 Å². The van der Waals surface area contributed by atoms with Crippen molar-refractivity contribution in [2.75, 3.05) is 6.54 Å². The lowest BCUT2D eigenvalue weighted by Crippen LogP contribution is -2.26. The third-order valence-electron chi connectivity index (χ3n) is 3.17. The second kappa shape index (κ2) is 4.29. The topological polar surface area (TPSA) is 53.7 Å². The minimum absolute atomic E-state index is 0.231. The second-order valence-corrected chi connectivity index (χ2v) is 4.73. The van der Waals surface area contributed by atoms with Gasteiger partial charge in [-0.25, -0.2) is 4.79 Å². The zero-order chi connectivity index (χ0) is 11.7. The molecule has 1 fully saturated rings. The molecule has 1 aromatic heterocycles. The number of likely N-dealkylation sites (tertiary alicyclic amines) is 1. The van der Waals surface area contributed by atoms with Crippen LogP contribution in [0.25, 0.3) is 0 Å². The number of nitrogens with zero attached hydrogens (tertiary/aromatic N) is 1. The number of carboxylic acid groups (broad SMARTS) is 1. The van der Waals surface area contributed by atoms with Crippen molar-refractivity contribution in [3.8, 4) is 0 Å². The third kappa shape index (κ3) is 2.27. The average Bonchev–Trinajstić information content (AvgIpc) is 2.75. The summed E-state index contributed by atoms with van der Waals surface area (Å²) in [5.41, 5.74) is 0.231. The van der Waals surface area contributed by atoms with Crippen LogP contribution in [-0.2, 0) is 6.54 Å². The first-order valence-electron chi connectivity index (χ1n) is 5.61. The van der Waals surface area contributed by atoms with Gasteiger partial charge in [0.1, 0.15) is 12.0 Å². The number of carbonyl (C=O) groups is 1. The SMILES string of the molecule is CC1CC(C)N(Cc2cc(C(=O)O)co2)C1. The minimum atomic E-state index is -0.933. The smallest absolute Gasteiger partial charge is 0.338 e. The van der Waals surface area contributed by atoms with Crippen molar-refractivity contribution in [2.45, 2.75) is 32.9 Å². The van der Waals surface area contributed by atoms with E-state index in [0.29, 0.717) is 18.5 Å². The summed E-state index contributed by atoms with van der Waals surface area (Å²) in [6, 6.07) is 2.16.